The second-order valence-corrected chi connectivity index (χ2v) is 6.91. The number of benzene rings is 1. The summed E-state index contributed by atoms with van der Waals surface area (Å²) in [5, 5.41) is 10.4. The number of aromatic amines is 1. The van der Waals surface area contributed by atoms with Crippen molar-refractivity contribution in [2.24, 2.45) is 0 Å². The molecular weight excluding hydrogens is 331 g/mol. The molecule has 0 bridgehead atoms. The number of nitrogens with zero attached hydrogens (tertiary/aromatic N) is 2. The largest absolute Gasteiger partial charge is 0.352 e. The first-order valence-corrected chi connectivity index (χ1v) is 8.99. The number of carbonyl (C=O) groups excluding carboxylic acids is 1. The van der Waals surface area contributed by atoms with E-state index in [2.05, 4.69) is 20.5 Å². The van der Waals surface area contributed by atoms with E-state index in [4.69, 9.17) is 0 Å². The van der Waals surface area contributed by atoms with Crippen LogP contribution in [0.1, 0.15) is 52.5 Å². The number of carbonyl (C=O) groups is 1. The lowest BCUT2D eigenvalue weighted by atomic mass is 10.0. The molecule has 1 amide bonds. The molecule has 1 aliphatic carbocycles. The number of hydrogen-bond donors (Lipinski definition) is 2. The maximum atomic E-state index is 13.7. The molecule has 1 fully saturated rings. The number of fused-ring (bicyclic) bond motifs is 1. The number of aryl methyl sites for hydroxylation is 2. The van der Waals surface area contributed by atoms with E-state index in [9.17, 15) is 9.18 Å². The van der Waals surface area contributed by atoms with Crippen molar-refractivity contribution < 1.29 is 9.18 Å². The molecule has 0 saturated heterocycles. The summed E-state index contributed by atoms with van der Waals surface area (Å²) >= 11 is 0. The molecule has 4 rings (SSSR count). The van der Waals surface area contributed by atoms with Gasteiger partial charge in [0.15, 0.2) is 0 Å². The Kier molecular flexibility index (Phi) is 4.41. The Bertz CT molecular complexity index is 962. The van der Waals surface area contributed by atoms with Gasteiger partial charge in [0.1, 0.15) is 5.82 Å². The average molecular weight is 352 g/mol. The van der Waals surface area contributed by atoms with Crippen LogP contribution in [0, 0.1) is 12.7 Å². The van der Waals surface area contributed by atoms with E-state index < -0.39 is 0 Å². The summed E-state index contributed by atoms with van der Waals surface area (Å²) in [5.41, 5.74) is 4.34. The second kappa shape index (κ2) is 6.86. The molecule has 0 aliphatic heterocycles. The van der Waals surface area contributed by atoms with E-state index in [0.29, 0.717) is 28.9 Å². The molecule has 1 aliphatic rings. The van der Waals surface area contributed by atoms with Gasteiger partial charge in [-0.05, 0) is 62.4 Å². The third-order valence-corrected chi connectivity index (χ3v) is 4.87. The molecule has 0 radical (unpaired) electrons. The zero-order chi connectivity index (χ0) is 18.1. The van der Waals surface area contributed by atoms with Crippen molar-refractivity contribution in [1.82, 2.24) is 20.5 Å². The zero-order valence-electron chi connectivity index (χ0n) is 14.7. The fourth-order valence-electron chi connectivity index (χ4n) is 3.20. The molecule has 2 heterocycles. The zero-order valence-corrected chi connectivity index (χ0v) is 14.7. The van der Waals surface area contributed by atoms with Gasteiger partial charge >= 0.3 is 0 Å². The molecule has 26 heavy (non-hydrogen) atoms. The van der Waals surface area contributed by atoms with Crippen LogP contribution < -0.4 is 5.32 Å². The van der Waals surface area contributed by atoms with Crippen LogP contribution in [0.25, 0.3) is 10.9 Å². The minimum absolute atomic E-state index is 0.172. The standard InChI is InChI=1S/C20H21FN4O/c1-12-14(11-23-25-12)3-2-8-22-20(26)17-10-19(13-4-5-13)24-18-7-6-15(21)9-16(17)18/h6-7,9-11,13H,2-5,8H2,1H3,(H,22,26)(H,23,25). The molecule has 2 aromatic heterocycles. The smallest absolute Gasteiger partial charge is 0.252 e. The molecule has 2 N–H and O–H groups in total. The summed E-state index contributed by atoms with van der Waals surface area (Å²) < 4.78 is 13.7. The highest BCUT2D eigenvalue weighted by Gasteiger charge is 2.27. The first kappa shape index (κ1) is 16.7. The number of rotatable bonds is 6. The van der Waals surface area contributed by atoms with Gasteiger partial charge in [0.2, 0.25) is 0 Å². The highest BCUT2D eigenvalue weighted by Crippen LogP contribution is 2.40. The number of pyridine rings is 1. The van der Waals surface area contributed by atoms with Gasteiger partial charge in [-0.15, -0.1) is 0 Å². The van der Waals surface area contributed by atoms with Crippen molar-refractivity contribution in [2.45, 2.75) is 38.5 Å². The lowest BCUT2D eigenvalue weighted by molar-refractivity contribution is 0.0954. The Balaban J connectivity index is 1.50. The highest BCUT2D eigenvalue weighted by atomic mass is 19.1. The molecule has 3 aromatic rings. The Hall–Kier alpha value is -2.76. The third-order valence-electron chi connectivity index (χ3n) is 4.87. The second-order valence-electron chi connectivity index (χ2n) is 6.91. The molecule has 6 heteroatoms. The van der Waals surface area contributed by atoms with Crippen LogP contribution >= 0.6 is 0 Å². The van der Waals surface area contributed by atoms with E-state index in [-0.39, 0.29) is 11.7 Å². The van der Waals surface area contributed by atoms with Gasteiger partial charge in [0.05, 0.1) is 17.3 Å². The Morgan fingerprint density at radius 1 is 1.35 bits per heavy atom. The van der Waals surface area contributed by atoms with Crippen molar-refractivity contribution in [3.05, 3.63) is 58.8 Å². The highest BCUT2D eigenvalue weighted by molar-refractivity contribution is 6.06. The normalized spacial score (nSPS) is 13.9. The lowest BCUT2D eigenvalue weighted by Gasteiger charge is -2.10. The minimum atomic E-state index is -0.358. The van der Waals surface area contributed by atoms with Crippen molar-refractivity contribution in [1.29, 1.82) is 0 Å². The maximum absolute atomic E-state index is 13.7. The number of amides is 1. The summed E-state index contributed by atoms with van der Waals surface area (Å²) in [6, 6.07) is 6.26. The van der Waals surface area contributed by atoms with Crippen molar-refractivity contribution in [3.63, 3.8) is 0 Å². The van der Waals surface area contributed by atoms with Crippen LogP contribution in [0.3, 0.4) is 0 Å². The van der Waals surface area contributed by atoms with Gasteiger partial charge in [0.25, 0.3) is 5.91 Å². The Labute approximate surface area is 151 Å². The van der Waals surface area contributed by atoms with E-state index >= 15 is 0 Å². The Morgan fingerprint density at radius 3 is 2.92 bits per heavy atom. The number of aromatic nitrogens is 3. The van der Waals surface area contributed by atoms with Crippen molar-refractivity contribution >= 4 is 16.8 Å². The van der Waals surface area contributed by atoms with Crippen LogP contribution in [-0.2, 0) is 6.42 Å². The van der Waals surface area contributed by atoms with Gasteiger partial charge in [0, 0.05) is 29.2 Å². The summed E-state index contributed by atoms with van der Waals surface area (Å²) in [6.07, 6.45) is 5.69. The fraction of sp³-hybridized carbons (Fsp3) is 0.350. The summed E-state index contributed by atoms with van der Waals surface area (Å²) in [7, 11) is 0. The van der Waals surface area contributed by atoms with E-state index in [1.807, 2.05) is 19.2 Å². The van der Waals surface area contributed by atoms with E-state index in [0.717, 1.165) is 42.6 Å². The van der Waals surface area contributed by atoms with Gasteiger partial charge in [-0.2, -0.15) is 5.10 Å². The topological polar surface area (TPSA) is 70.7 Å². The van der Waals surface area contributed by atoms with Gasteiger partial charge in [-0.25, -0.2) is 4.39 Å². The SMILES string of the molecule is Cc1[nH]ncc1CCCNC(=O)c1cc(C2CC2)nc2ccc(F)cc12. The molecule has 1 saturated carbocycles. The van der Waals surface area contributed by atoms with E-state index in [1.54, 1.807) is 6.07 Å². The lowest BCUT2D eigenvalue weighted by Crippen LogP contribution is -2.25. The van der Waals surface area contributed by atoms with Crippen molar-refractivity contribution in [3.8, 4) is 0 Å². The first-order valence-electron chi connectivity index (χ1n) is 8.99. The monoisotopic (exact) mass is 352 g/mol. The van der Waals surface area contributed by atoms with Crippen LogP contribution in [-0.4, -0.2) is 27.6 Å². The summed E-state index contributed by atoms with van der Waals surface area (Å²) in [6.45, 7) is 2.54. The van der Waals surface area contributed by atoms with Crippen molar-refractivity contribution in [2.75, 3.05) is 6.54 Å². The van der Waals surface area contributed by atoms with Crippen LogP contribution in [0.15, 0.2) is 30.5 Å². The Morgan fingerprint density at radius 2 is 2.19 bits per heavy atom. The predicted octanol–water partition coefficient (Wildman–Crippen LogP) is 3.65. The fourth-order valence-corrected chi connectivity index (χ4v) is 3.20. The van der Waals surface area contributed by atoms with Gasteiger partial charge < -0.3 is 5.32 Å². The van der Waals surface area contributed by atoms with Gasteiger partial charge in [-0.1, -0.05) is 0 Å². The molecule has 0 unspecified atom stereocenters. The molecule has 134 valence electrons. The number of nitrogens with one attached hydrogen (secondary N) is 2. The number of hydrogen-bond acceptors (Lipinski definition) is 3. The first-order chi connectivity index (χ1) is 12.6. The summed E-state index contributed by atoms with van der Waals surface area (Å²) in [5.74, 6) is -0.100. The molecule has 0 spiro atoms. The van der Waals surface area contributed by atoms with Crippen LogP contribution in [0.4, 0.5) is 4.39 Å². The van der Waals surface area contributed by atoms with Crippen LogP contribution in [0.2, 0.25) is 0 Å². The number of halogens is 1. The number of H-pyrrole nitrogens is 1. The van der Waals surface area contributed by atoms with E-state index in [1.165, 1.54) is 12.1 Å². The molecule has 1 aromatic carbocycles. The maximum Gasteiger partial charge on any atom is 0.252 e. The molecule has 0 atom stereocenters. The molecular formula is C20H21FN4O. The van der Waals surface area contributed by atoms with Gasteiger partial charge in [-0.3, -0.25) is 14.9 Å². The molecule has 5 nitrogen and oxygen atoms in total. The predicted molar refractivity (Wildman–Crippen MR) is 97.7 cm³/mol. The average Bonchev–Trinajstić information content (AvgIpc) is 3.40. The minimum Gasteiger partial charge on any atom is -0.352 e. The quantitative estimate of drug-likeness (QED) is 0.665. The third kappa shape index (κ3) is 3.45. The summed E-state index contributed by atoms with van der Waals surface area (Å²) in [4.78, 5) is 17.3. The van der Waals surface area contributed by atoms with Crippen LogP contribution in [0.5, 0.6) is 0 Å².